The number of benzene rings is 2. The summed E-state index contributed by atoms with van der Waals surface area (Å²) in [5, 5.41) is -0.556. The van der Waals surface area contributed by atoms with Gasteiger partial charge in [0.1, 0.15) is 11.6 Å². The Morgan fingerprint density at radius 1 is 1.15 bits per heavy atom. The SMILES string of the molecule is Cn1cnc(S(=O)(=O)N2C[C@H](COc3ccc(Cl)c(C(F)(F)F)c3)[C@@H](c3ccc(F)cc3)C2)c1. The second-order valence-electron chi connectivity index (χ2n) is 8.07. The Kier molecular flexibility index (Phi) is 6.63. The molecule has 0 aliphatic carbocycles. The number of aryl methyl sites for hydroxylation is 1. The van der Waals surface area contributed by atoms with E-state index in [0.29, 0.717) is 5.56 Å². The number of imidazole rings is 1. The number of hydrogen-bond donors (Lipinski definition) is 0. The molecule has 2 atom stereocenters. The summed E-state index contributed by atoms with van der Waals surface area (Å²) in [6, 6.07) is 8.91. The van der Waals surface area contributed by atoms with Gasteiger partial charge in [-0.1, -0.05) is 23.7 Å². The van der Waals surface area contributed by atoms with E-state index in [-0.39, 0.29) is 36.4 Å². The molecule has 0 N–H and O–H groups in total. The molecule has 1 saturated heterocycles. The normalized spacial score (nSPS) is 19.5. The van der Waals surface area contributed by atoms with E-state index in [1.54, 1.807) is 19.2 Å². The fraction of sp³-hybridized carbons (Fsp3) is 0.318. The molecule has 4 rings (SSSR count). The van der Waals surface area contributed by atoms with Gasteiger partial charge in [0.05, 0.1) is 23.5 Å². The van der Waals surface area contributed by atoms with Gasteiger partial charge in [0.2, 0.25) is 0 Å². The molecule has 1 aliphatic rings. The molecule has 0 bridgehead atoms. The number of ether oxygens (including phenoxy) is 1. The molecule has 0 unspecified atom stereocenters. The Hall–Kier alpha value is -2.63. The monoisotopic (exact) mass is 517 g/mol. The highest BCUT2D eigenvalue weighted by Gasteiger charge is 2.41. The number of alkyl halides is 3. The van der Waals surface area contributed by atoms with Crippen molar-refractivity contribution < 1.29 is 30.7 Å². The maximum absolute atomic E-state index is 13.5. The molecular weight excluding hydrogens is 498 g/mol. The van der Waals surface area contributed by atoms with Gasteiger partial charge in [0.25, 0.3) is 10.0 Å². The fourth-order valence-electron chi connectivity index (χ4n) is 3.95. The summed E-state index contributed by atoms with van der Waals surface area (Å²) in [7, 11) is -2.26. The number of hydrogen-bond acceptors (Lipinski definition) is 4. The molecule has 0 amide bonds. The van der Waals surface area contributed by atoms with E-state index in [1.165, 1.54) is 39.6 Å². The largest absolute Gasteiger partial charge is 0.493 e. The molecule has 6 nitrogen and oxygen atoms in total. The average Bonchev–Trinajstić information content (AvgIpc) is 3.40. The standard InChI is InChI=1S/C22H20ClF4N3O3S/c1-29-11-21(28-13-29)34(31,32)30-9-15(18(10-30)14-2-4-16(24)5-3-14)12-33-17-6-7-20(23)19(8-17)22(25,26)27/h2-8,11,13,15,18H,9-10,12H2,1H3/t15-,18-/m1/s1. The van der Waals surface area contributed by atoms with Gasteiger partial charge in [-0.15, -0.1) is 0 Å². The highest BCUT2D eigenvalue weighted by molar-refractivity contribution is 7.89. The van der Waals surface area contributed by atoms with Crippen molar-refractivity contribution in [3.05, 3.63) is 77.0 Å². The zero-order valence-electron chi connectivity index (χ0n) is 17.8. The van der Waals surface area contributed by atoms with Crippen LogP contribution in [0.15, 0.2) is 60.0 Å². The van der Waals surface area contributed by atoms with Crippen molar-refractivity contribution in [2.24, 2.45) is 13.0 Å². The van der Waals surface area contributed by atoms with Crippen LogP contribution in [0.3, 0.4) is 0 Å². The van der Waals surface area contributed by atoms with Crippen LogP contribution in [0.4, 0.5) is 17.6 Å². The van der Waals surface area contributed by atoms with E-state index in [1.807, 2.05) is 0 Å². The zero-order chi connectivity index (χ0) is 24.7. The Morgan fingerprint density at radius 2 is 1.85 bits per heavy atom. The summed E-state index contributed by atoms with van der Waals surface area (Å²) in [6.45, 7) is 0.0862. The summed E-state index contributed by atoms with van der Waals surface area (Å²) in [6.07, 6.45) is -1.88. The van der Waals surface area contributed by atoms with Crippen molar-refractivity contribution in [1.82, 2.24) is 13.9 Å². The van der Waals surface area contributed by atoms with Crippen LogP contribution in [0.2, 0.25) is 5.02 Å². The van der Waals surface area contributed by atoms with Crippen molar-refractivity contribution in [3.8, 4) is 5.75 Å². The lowest BCUT2D eigenvalue weighted by Crippen LogP contribution is -2.30. The third-order valence-corrected chi connectivity index (χ3v) is 7.75. The molecule has 1 aliphatic heterocycles. The Bertz CT molecular complexity index is 1280. The van der Waals surface area contributed by atoms with E-state index in [0.717, 1.165) is 12.1 Å². The lowest BCUT2D eigenvalue weighted by Gasteiger charge is -2.20. The van der Waals surface area contributed by atoms with Crippen molar-refractivity contribution in [1.29, 1.82) is 0 Å². The van der Waals surface area contributed by atoms with Gasteiger partial charge in [-0.05, 0) is 35.9 Å². The summed E-state index contributed by atoms with van der Waals surface area (Å²) >= 11 is 5.67. The first-order chi connectivity index (χ1) is 15.9. The maximum atomic E-state index is 13.5. The van der Waals surface area contributed by atoms with Crippen molar-refractivity contribution in [2.75, 3.05) is 19.7 Å². The Morgan fingerprint density at radius 3 is 2.47 bits per heavy atom. The highest BCUT2D eigenvalue weighted by Crippen LogP contribution is 2.38. The first kappa shape index (κ1) is 24.5. The van der Waals surface area contributed by atoms with E-state index < -0.39 is 38.5 Å². The number of rotatable bonds is 6. The Balaban J connectivity index is 1.59. The first-order valence-corrected chi connectivity index (χ1v) is 12.0. The molecule has 12 heteroatoms. The zero-order valence-corrected chi connectivity index (χ0v) is 19.4. The van der Waals surface area contributed by atoms with E-state index >= 15 is 0 Å². The predicted octanol–water partition coefficient (Wildman–Crippen LogP) is 4.71. The summed E-state index contributed by atoms with van der Waals surface area (Å²) in [4.78, 5) is 3.93. The summed E-state index contributed by atoms with van der Waals surface area (Å²) in [5.74, 6) is -1.25. The maximum Gasteiger partial charge on any atom is 0.417 e. The molecule has 0 saturated carbocycles. The van der Waals surface area contributed by atoms with Crippen LogP contribution in [0.1, 0.15) is 17.0 Å². The third kappa shape index (κ3) is 5.06. The summed E-state index contributed by atoms with van der Waals surface area (Å²) in [5.41, 5.74) is -0.326. The molecule has 2 aromatic carbocycles. The lowest BCUT2D eigenvalue weighted by atomic mass is 9.89. The fourth-order valence-corrected chi connectivity index (χ4v) is 5.67. The van der Waals surface area contributed by atoms with Gasteiger partial charge in [0, 0.05) is 38.2 Å². The quantitative estimate of drug-likeness (QED) is 0.444. The van der Waals surface area contributed by atoms with Crippen molar-refractivity contribution in [3.63, 3.8) is 0 Å². The molecule has 34 heavy (non-hydrogen) atoms. The van der Waals surface area contributed by atoms with Crippen LogP contribution in [0, 0.1) is 11.7 Å². The molecule has 2 heterocycles. The lowest BCUT2D eigenvalue weighted by molar-refractivity contribution is -0.137. The topological polar surface area (TPSA) is 64.4 Å². The van der Waals surface area contributed by atoms with Crippen LogP contribution in [0.5, 0.6) is 5.75 Å². The van der Waals surface area contributed by atoms with Gasteiger partial charge < -0.3 is 9.30 Å². The van der Waals surface area contributed by atoms with Crippen molar-refractivity contribution in [2.45, 2.75) is 17.1 Å². The first-order valence-electron chi connectivity index (χ1n) is 10.2. The van der Waals surface area contributed by atoms with Gasteiger partial charge in [-0.3, -0.25) is 0 Å². The minimum atomic E-state index is -4.64. The highest BCUT2D eigenvalue weighted by atomic mass is 35.5. The van der Waals surface area contributed by atoms with Gasteiger partial charge in [-0.2, -0.15) is 17.5 Å². The minimum Gasteiger partial charge on any atom is -0.493 e. The Labute approximate surface area is 198 Å². The van der Waals surface area contributed by atoms with Gasteiger partial charge in [-0.25, -0.2) is 17.8 Å². The molecule has 1 aromatic heterocycles. The smallest absolute Gasteiger partial charge is 0.417 e. The summed E-state index contributed by atoms with van der Waals surface area (Å²) < 4.78 is 87.6. The number of aromatic nitrogens is 2. The van der Waals surface area contributed by atoms with Crippen LogP contribution < -0.4 is 4.74 Å². The van der Waals surface area contributed by atoms with Crippen LogP contribution in [-0.4, -0.2) is 42.0 Å². The van der Waals surface area contributed by atoms with Crippen molar-refractivity contribution >= 4 is 21.6 Å². The predicted molar refractivity (Wildman–Crippen MR) is 117 cm³/mol. The van der Waals surface area contributed by atoms with E-state index in [9.17, 15) is 26.0 Å². The van der Waals surface area contributed by atoms with Gasteiger partial charge >= 0.3 is 6.18 Å². The molecule has 0 spiro atoms. The molecule has 3 aromatic rings. The van der Waals surface area contributed by atoms with Crippen LogP contribution in [-0.2, 0) is 23.2 Å². The third-order valence-electron chi connectivity index (χ3n) is 5.70. The van der Waals surface area contributed by atoms with Crippen LogP contribution in [0.25, 0.3) is 0 Å². The molecule has 1 fully saturated rings. The molecule has 182 valence electrons. The number of halogens is 5. The van der Waals surface area contributed by atoms with Crippen LogP contribution >= 0.6 is 11.6 Å². The number of sulfonamides is 1. The number of nitrogens with zero attached hydrogens (tertiary/aromatic N) is 3. The molecular formula is C22H20ClF4N3O3S. The second kappa shape index (κ2) is 9.20. The van der Waals surface area contributed by atoms with E-state index in [2.05, 4.69) is 4.98 Å². The second-order valence-corrected chi connectivity index (χ2v) is 10.4. The average molecular weight is 518 g/mol. The minimum absolute atomic E-state index is 0.0411. The van der Waals surface area contributed by atoms with E-state index in [4.69, 9.17) is 16.3 Å². The molecule has 0 radical (unpaired) electrons. The van der Waals surface area contributed by atoms with Gasteiger partial charge in [0.15, 0.2) is 5.03 Å².